The Morgan fingerprint density at radius 1 is 1.19 bits per heavy atom. The lowest BCUT2D eigenvalue weighted by Gasteiger charge is -2.26. The summed E-state index contributed by atoms with van der Waals surface area (Å²) in [5.74, 6) is 0.829. The molecule has 0 spiro atoms. The van der Waals surface area contributed by atoms with E-state index >= 15 is 0 Å². The van der Waals surface area contributed by atoms with Gasteiger partial charge in [0.1, 0.15) is 0 Å². The van der Waals surface area contributed by atoms with Crippen molar-refractivity contribution < 1.29 is 9.59 Å². The second kappa shape index (κ2) is 5.88. The Morgan fingerprint density at radius 3 is 2.52 bits per heavy atom. The highest BCUT2D eigenvalue weighted by Gasteiger charge is 2.33. The van der Waals surface area contributed by atoms with Crippen LogP contribution in [0, 0.1) is 11.8 Å². The third-order valence-electron chi connectivity index (χ3n) is 4.54. The van der Waals surface area contributed by atoms with Crippen LogP contribution in [0.15, 0.2) is 24.3 Å². The van der Waals surface area contributed by atoms with Gasteiger partial charge in [-0.1, -0.05) is 18.6 Å². The van der Waals surface area contributed by atoms with Gasteiger partial charge in [0.15, 0.2) is 0 Å². The first-order valence-electron chi connectivity index (χ1n) is 7.81. The van der Waals surface area contributed by atoms with Gasteiger partial charge in [-0.3, -0.25) is 9.59 Å². The van der Waals surface area contributed by atoms with Gasteiger partial charge < -0.3 is 10.2 Å². The molecule has 2 aliphatic carbocycles. The van der Waals surface area contributed by atoms with Crippen LogP contribution < -0.4 is 10.2 Å². The zero-order valence-corrected chi connectivity index (χ0v) is 12.5. The largest absolute Gasteiger partial charge is 0.352 e. The minimum atomic E-state index is -0.0760. The standard InChI is InChI=1S/C17H22N2O2/c1-19(17(21)13-9-10-13)15-8-3-2-7-14(15)16(20)18-11-12-5-4-6-12/h2-3,7-8,12-13H,4-6,9-11H2,1H3,(H,18,20). The molecule has 2 fully saturated rings. The number of nitrogens with zero attached hydrogens (tertiary/aromatic N) is 1. The van der Waals surface area contributed by atoms with Crippen molar-refractivity contribution >= 4 is 17.5 Å². The second-order valence-electron chi connectivity index (χ2n) is 6.20. The molecule has 2 saturated carbocycles. The molecule has 3 rings (SSSR count). The van der Waals surface area contributed by atoms with Gasteiger partial charge in [-0.05, 0) is 43.7 Å². The minimum absolute atomic E-state index is 0.0760. The zero-order chi connectivity index (χ0) is 14.8. The number of para-hydroxylation sites is 1. The van der Waals surface area contributed by atoms with Gasteiger partial charge in [-0.25, -0.2) is 0 Å². The molecule has 0 aliphatic heterocycles. The van der Waals surface area contributed by atoms with Crippen LogP contribution in [0.5, 0.6) is 0 Å². The number of hydrogen-bond acceptors (Lipinski definition) is 2. The molecule has 0 heterocycles. The Morgan fingerprint density at radius 2 is 1.90 bits per heavy atom. The molecule has 21 heavy (non-hydrogen) atoms. The van der Waals surface area contributed by atoms with Gasteiger partial charge in [0.2, 0.25) is 5.91 Å². The molecule has 2 amide bonds. The molecule has 0 unspecified atom stereocenters. The Labute approximate surface area is 125 Å². The number of benzene rings is 1. The van der Waals surface area contributed by atoms with Gasteiger partial charge in [0, 0.05) is 19.5 Å². The first kappa shape index (κ1) is 14.1. The molecule has 0 saturated heterocycles. The van der Waals surface area contributed by atoms with Crippen LogP contribution in [-0.2, 0) is 4.79 Å². The van der Waals surface area contributed by atoms with Crippen molar-refractivity contribution in [1.29, 1.82) is 0 Å². The Kier molecular flexibility index (Phi) is 3.95. The molecule has 4 nitrogen and oxygen atoms in total. The van der Waals surface area contributed by atoms with Crippen molar-refractivity contribution in [1.82, 2.24) is 5.32 Å². The third kappa shape index (κ3) is 3.09. The lowest BCUT2D eigenvalue weighted by molar-refractivity contribution is -0.119. The fourth-order valence-corrected chi connectivity index (χ4v) is 2.71. The monoisotopic (exact) mass is 286 g/mol. The summed E-state index contributed by atoms with van der Waals surface area (Å²) in [4.78, 5) is 26.2. The number of anilines is 1. The van der Waals surface area contributed by atoms with Crippen LogP contribution in [0.1, 0.15) is 42.5 Å². The zero-order valence-electron chi connectivity index (χ0n) is 12.5. The summed E-state index contributed by atoms with van der Waals surface area (Å²) in [6.45, 7) is 0.744. The Balaban J connectivity index is 1.71. The predicted molar refractivity (Wildman–Crippen MR) is 82.3 cm³/mol. The van der Waals surface area contributed by atoms with Crippen LogP contribution in [0.4, 0.5) is 5.69 Å². The summed E-state index contributed by atoms with van der Waals surface area (Å²) in [5.41, 5.74) is 1.30. The molecule has 112 valence electrons. The van der Waals surface area contributed by atoms with E-state index in [4.69, 9.17) is 0 Å². The maximum Gasteiger partial charge on any atom is 0.253 e. The van der Waals surface area contributed by atoms with Gasteiger partial charge in [-0.2, -0.15) is 0 Å². The van der Waals surface area contributed by atoms with Crippen LogP contribution >= 0.6 is 0 Å². The minimum Gasteiger partial charge on any atom is -0.352 e. The van der Waals surface area contributed by atoms with E-state index in [2.05, 4.69) is 5.32 Å². The lowest BCUT2D eigenvalue weighted by atomic mass is 9.85. The van der Waals surface area contributed by atoms with Gasteiger partial charge in [-0.15, -0.1) is 0 Å². The molecular weight excluding hydrogens is 264 g/mol. The number of nitrogens with one attached hydrogen (secondary N) is 1. The smallest absolute Gasteiger partial charge is 0.253 e. The summed E-state index contributed by atoms with van der Waals surface area (Å²) < 4.78 is 0. The van der Waals surface area contributed by atoms with Crippen LogP contribution in [-0.4, -0.2) is 25.4 Å². The van der Waals surface area contributed by atoms with Gasteiger partial charge >= 0.3 is 0 Å². The van der Waals surface area contributed by atoms with E-state index in [0.717, 1.165) is 19.4 Å². The van der Waals surface area contributed by atoms with Crippen LogP contribution in [0.3, 0.4) is 0 Å². The molecule has 1 aromatic carbocycles. The maximum absolute atomic E-state index is 12.4. The van der Waals surface area contributed by atoms with Gasteiger partial charge in [0.25, 0.3) is 5.91 Å². The maximum atomic E-state index is 12.4. The number of hydrogen-bond donors (Lipinski definition) is 1. The molecule has 0 bridgehead atoms. The fraction of sp³-hybridized carbons (Fsp3) is 0.529. The number of carbonyl (C=O) groups excluding carboxylic acids is 2. The Hall–Kier alpha value is -1.84. The molecule has 0 aromatic heterocycles. The highest BCUT2D eigenvalue weighted by Crippen LogP contribution is 2.33. The molecule has 1 N–H and O–H groups in total. The number of carbonyl (C=O) groups is 2. The van der Waals surface area contributed by atoms with Crippen molar-refractivity contribution in [2.75, 3.05) is 18.5 Å². The molecule has 0 atom stereocenters. The van der Waals surface area contributed by atoms with E-state index in [0.29, 0.717) is 17.2 Å². The molecule has 2 aliphatic rings. The van der Waals surface area contributed by atoms with E-state index in [1.54, 1.807) is 18.0 Å². The van der Waals surface area contributed by atoms with E-state index < -0.39 is 0 Å². The van der Waals surface area contributed by atoms with Crippen molar-refractivity contribution in [3.63, 3.8) is 0 Å². The normalized spacial score (nSPS) is 18.0. The van der Waals surface area contributed by atoms with Gasteiger partial charge in [0.05, 0.1) is 11.3 Å². The highest BCUT2D eigenvalue weighted by molar-refractivity contribution is 6.05. The predicted octanol–water partition coefficient (Wildman–Crippen LogP) is 2.59. The fourth-order valence-electron chi connectivity index (χ4n) is 2.71. The van der Waals surface area contributed by atoms with E-state index in [-0.39, 0.29) is 17.7 Å². The van der Waals surface area contributed by atoms with Crippen molar-refractivity contribution in [3.8, 4) is 0 Å². The first-order valence-corrected chi connectivity index (χ1v) is 7.81. The number of rotatable bonds is 5. The summed E-state index contributed by atoms with van der Waals surface area (Å²) in [6.07, 6.45) is 5.64. The average molecular weight is 286 g/mol. The summed E-state index contributed by atoms with van der Waals surface area (Å²) >= 11 is 0. The molecule has 4 heteroatoms. The topological polar surface area (TPSA) is 49.4 Å². The average Bonchev–Trinajstić information content (AvgIpc) is 3.28. The second-order valence-corrected chi connectivity index (χ2v) is 6.20. The van der Waals surface area contributed by atoms with E-state index in [9.17, 15) is 9.59 Å². The third-order valence-corrected chi connectivity index (χ3v) is 4.54. The van der Waals surface area contributed by atoms with Crippen molar-refractivity contribution in [3.05, 3.63) is 29.8 Å². The van der Waals surface area contributed by atoms with Crippen molar-refractivity contribution in [2.24, 2.45) is 11.8 Å². The molecular formula is C17H22N2O2. The summed E-state index contributed by atoms with van der Waals surface area (Å²) in [5, 5.41) is 3.00. The lowest BCUT2D eigenvalue weighted by Crippen LogP contribution is -2.34. The quantitative estimate of drug-likeness (QED) is 0.904. The highest BCUT2D eigenvalue weighted by atomic mass is 16.2. The summed E-state index contributed by atoms with van der Waals surface area (Å²) in [7, 11) is 1.76. The van der Waals surface area contributed by atoms with Crippen LogP contribution in [0.25, 0.3) is 0 Å². The Bertz CT molecular complexity index is 547. The van der Waals surface area contributed by atoms with E-state index in [1.165, 1.54) is 19.3 Å². The first-order chi connectivity index (χ1) is 10.2. The van der Waals surface area contributed by atoms with E-state index in [1.807, 2.05) is 18.2 Å². The van der Waals surface area contributed by atoms with Crippen LogP contribution in [0.2, 0.25) is 0 Å². The molecule has 1 aromatic rings. The molecule has 0 radical (unpaired) electrons. The van der Waals surface area contributed by atoms with Crippen molar-refractivity contribution in [2.45, 2.75) is 32.1 Å². The SMILES string of the molecule is CN(C(=O)C1CC1)c1ccccc1C(=O)NCC1CCC1. The number of amides is 2. The summed E-state index contributed by atoms with van der Waals surface area (Å²) in [6, 6.07) is 7.35.